The lowest BCUT2D eigenvalue weighted by molar-refractivity contribution is 0.122. The molecule has 3 aliphatic heterocycles. The van der Waals surface area contributed by atoms with Crippen LogP contribution in [0.25, 0.3) is 0 Å². The highest BCUT2D eigenvalue weighted by Gasteiger charge is 2.39. The first-order chi connectivity index (χ1) is 13.4. The third-order valence-corrected chi connectivity index (χ3v) is 7.17. The summed E-state index contributed by atoms with van der Waals surface area (Å²) in [5.74, 6) is -0.422. The monoisotopic (exact) mass is 411 g/mol. The highest BCUT2D eigenvalue weighted by Crippen LogP contribution is 2.30. The van der Waals surface area contributed by atoms with Gasteiger partial charge in [0.15, 0.2) is 0 Å². The van der Waals surface area contributed by atoms with Gasteiger partial charge in [0.2, 0.25) is 10.0 Å². The average Bonchev–Trinajstić information content (AvgIpc) is 3.16. The Morgan fingerprint density at radius 1 is 1.21 bits per heavy atom. The molecule has 0 aliphatic carbocycles. The lowest BCUT2D eigenvalue weighted by Crippen LogP contribution is -2.37. The topological polar surface area (TPSA) is 79.4 Å². The van der Waals surface area contributed by atoms with Gasteiger partial charge in [-0.3, -0.25) is 4.90 Å². The number of carbonyl (C=O) groups excluding carboxylic acids is 1. The second-order valence-electron chi connectivity index (χ2n) is 7.00. The molecule has 0 aromatic heterocycles. The lowest BCUT2D eigenvalue weighted by atomic mass is 10.2. The van der Waals surface area contributed by atoms with Gasteiger partial charge in [-0.25, -0.2) is 17.6 Å². The quantitative estimate of drug-likeness (QED) is 0.748. The second-order valence-corrected chi connectivity index (χ2v) is 9.05. The van der Waals surface area contributed by atoms with Gasteiger partial charge in [-0.15, -0.1) is 0 Å². The molecular formula is C18H22FN3O5S. The van der Waals surface area contributed by atoms with Gasteiger partial charge in [0.05, 0.1) is 42.6 Å². The first-order valence-electron chi connectivity index (χ1n) is 9.14. The summed E-state index contributed by atoms with van der Waals surface area (Å²) in [4.78, 5) is 15.7. The van der Waals surface area contributed by atoms with E-state index in [2.05, 4.69) is 6.58 Å². The van der Waals surface area contributed by atoms with Crippen LogP contribution in [0.5, 0.6) is 0 Å². The number of cyclic esters (lactones) is 1. The molecule has 1 aromatic rings. The van der Waals surface area contributed by atoms with Crippen molar-refractivity contribution in [3.8, 4) is 0 Å². The van der Waals surface area contributed by atoms with Gasteiger partial charge in [-0.1, -0.05) is 6.58 Å². The molecule has 0 unspecified atom stereocenters. The maximum absolute atomic E-state index is 14.6. The van der Waals surface area contributed by atoms with Crippen molar-refractivity contribution in [2.45, 2.75) is 12.5 Å². The molecule has 3 aliphatic rings. The predicted octanol–water partition coefficient (Wildman–Crippen LogP) is 1.54. The van der Waals surface area contributed by atoms with Crippen LogP contribution in [0.4, 0.5) is 20.6 Å². The second kappa shape index (κ2) is 7.34. The normalized spacial score (nSPS) is 25.4. The smallest absolute Gasteiger partial charge is 0.414 e. The minimum absolute atomic E-state index is 0.0674. The summed E-state index contributed by atoms with van der Waals surface area (Å²) in [6.45, 7) is 6.44. The van der Waals surface area contributed by atoms with Crippen LogP contribution in [0.2, 0.25) is 0 Å². The van der Waals surface area contributed by atoms with Crippen LogP contribution in [0.3, 0.4) is 0 Å². The first-order valence-corrected chi connectivity index (χ1v) is 10.6. The average molecular weight is 411 g/mol. The van der Waals surface area contributed by atoms with Crippen LogP contribution in [0, 0.1) is 5.82 Å². The molecule has 0 bridgehead atoms. The Morgan fingerprint density at radius 2 is 1.96 bits per heavy atom. The van der Waals surface area contributed by atoms with Gasteiger partial charge in [0.25, 0.3) is 0 Å². The van der Waals surface area contributed by atoms with Gasteiger partial charge >= 0.3 is 6.09 Å². The Labute approximate surface area is 163 Å². The van der Waals surface area contributed by atoms with Crippen LogP contribution in [0.15, 0.2) is 29.7 Å². The van der Waals surface area contributed by atoms with Crippen molar-refractivity contribution in [1.29, 1.82) is 0 Å². The summed E-state index contributed by atoms with van der Waals surface area (Å²) >= 11 is 0. The summed E-state index contributed by atoms with van der Waals surface area (Å²) in [5.41, 5.74) is 0.855. The van der Waals surface area contributed by atoms with Crippen LogP contribution in [-0.4, -0.2) is 70.9 Å². The zero-order valence-corrected chi connectivity index (χ0v) is 16.2. The van der Waals surface area contributed by atoms with E-state index >= 15 is 0 Å². The van der Waals surface area contributed by atoms with E-state index in [1.165, 1.54) is 15.3 Å². The molecule has 3 heterocycles. The molecule has 8 nitrogen and oxygen atoms in total. The maximum Gasteiger partial charge on any atom is 0.414 e. The molecule has 0 spiro atoms. The van der Waals surface area contributed by atoms with Gasteiger partial charge in [-0.05, 0) is 24.6 Å². The molecule has 0 saturated carbocycles. The summed E-state index contributed by atoms with van der Waals surface area (Å²) in [6.07, 6.45) is -0.852. The molecule has 28 heavy (non-hydrogen) atoms. The van der Waals surface area contributed by atoms with Crippen LogP contribution < -0.4 is 9.80 Å². The molecule has 4 rings (SSSR count). The van der Waals surface area contributed by atoms with Crippen molar-refractivity contribution in [1.82, 2.24) is 4.31 Å². The van der Waals surface area contributed by atoms with E-state index in [0.717, 1.165) is 0 Å². The third kappa shape index (κ3) is 3.47. The van der Waals surface area contributed by atoms with Crippen molar-refractivity contribution < 1.29 is 27.1 Å². The number of hydrogen-bond donors (Lipinski definition) is 0. The predicted molar refractivity (Wildman–Crippen MR) is 101 cm³/mol. The number of ether oxygens (including phenoxy) is 2. The van der Waals surface area contributed by atoms with E-state index in [9.17, 15) is 17.6 Å². The third-order valence-electron chi connectivity index (χ3n) is 5.22. The Kier molecular flexibility index (Phi) is 5.02. The standard InChI is InChI=1S/C18H22FN3O5S/c1-13-4-5-21(28(13,24)25)11-15-12-22(18(23)27-15)14-2-3-17(16(19)10-14)20-6-8-26-9-7-20/h2-3,10,15H,1,4-9,11-12H2/t15-/m0/s1. The Hall–Kier alpha value is -2.17. The van der Waals surface area contributed by atoms with Gasteiger partial charge < -0.3 is 14.4 Å². The van der Waals surface area contributed by atoms with Crippen LogP contribution >= 0.6 is 0 Å². The van der Waals surface area contributed by atoms with Gasteiger partial charge in [0, 0.05) is 19.6 Å². The molecule has 0 radical (unpaired) electrons. The number of carbonyl (C=O) groups is 1. The van der Waals surface area contributed by atoms with E-state index < -0.39 is 28.0 Å². The number of halogens is 1. The number of nitrogens with zero attached hydrogens (tertiary/aromatic N) is 3. The molecule has 152 valence electrons. The molecular weight excluding hydrogens is 389 g/mol. The highest BCUT2D eigenvalue weighted by atomic mass is 32.2. The minimum Gasteiger partial charge on any atom is -0.443 e. The fourth-order valence-corrected chi connectivity index (χ4v) is 5.06. The summed E-state index contributed by atoms with van der Waals surface area (Å²) in [5, 5.41) is 0. The van der Waals surface area contributed by atoms with E-state index in [1.807, 2.05) is 4.90 Å². The molecule has 3 fully saturated rings. The van der Waals surface area contributed by atoms with Crippen molar-refractivity contribution in [3.63, 3.8) is 0 Å². The molecule has 1 amide bonds. The summed E-state index contributed by atoms with van der Waals surface area (Å²) < 4.78 is 50.8. The Bertz CT molecular complexity index is 900. The first kappa shape index (κ1) is 19.2. The molecule has 3 saturated heterocycles. The number of hydrogen-bond acceptors (Lipinski definition) is 6. The summed E-state index contributed by atoms with van der Waals surface area (Å²) in [6, 6.07) is 4.63. The van der Waals surface area contributed by atoms with E-state index in [0.29, 0.717) is 50.6 Å². The number of morpholine rings is 1. The maximum atomic E-state index is 14.6. The number of benzene rings is 1. The number of anilines is 2. The Balaban J connectivity index is 1.45. The van der Waals surface area contributed by atoms with Gasteiger partial charge in [-0.2, -0.15) is 4.31 Å². The van der Waals surface area contributed by atoms with E-state index in [-0.39, 0.29) is 18.0 Å². The fraction of sp³-hybridized carbons (Fsp3) is 0.500. The van der Waals surface area contributed by atoms with E-state index in [1.54, 1.807) is 12.1 Å². The van der Waals surface area contributed by atoms with Crippen LogP contribution in [-0.2, 0) is 19.5 Å². The molecule has 1 atom stereocenters. The number of amides is 1. The number of rotatable bonds is 4. The Morgan fingerprint density at radius 3 is 2.61 bits per heavy atom. The van der Waals surface area contributed by atoms with Crippen molar-refractivity contribution in [2.75, 3.05) is 55.7 Å². The lowest BCUT2D eigenvalue weighted by Gasteiger charge is -2.29. The van der Waals surface area contributed by atoms with Crippen molar-refractivity contribution in [3.05, 3.63) is 35.5 Å². The SMILES string of the molecule is C=C1CCN(C[C@H]2CN(c3ccc(N4CCOCC4)c(F)c3)C(=O)O2)S1(=O)=O. The fourth-order valence-electron chi connectivity index (χ4n) is 3.65. The largest absolute Gasteiger partial charge is 0.443 e. The zero-order valence-electron chi connectivity index (χ0n) is 15.3. The van der Waals surface area contributed by atoms with Gasteiger partial charge in [0.1, 0.15) is 11.9 Å². The molecule has 0 N–H and O–H groups in total. The zero-order chi connectivity index (χ0) is 19.9. The minimum atomic E-state index is -3.52. The molecule has 1 aromatic carbocycles. The van der Waals surface area contributed by atoms with Crippen molar-refractivity contribution in [2.24, 2.45) is 0 Å². The van der Waals surface area contributed by atoms with E-state index in [4.69, 9.17) is 9.47 Å². The molecule has 10 heteroatoms. The summed E-state index contributed by atoms with van der Waals surface area (Å²) in [7, 11) is -3.52. The number of sulfonamides is 1. The van der Waals surface area contributed by atoms with Crippen LogP contribution in [0.1, 0.15) is 6.42 Å². The highest BCUT2D eigenvalue weighted by molar-refractivity contribution is 7.93. The van der Waals surface area contributed by atoms with Crippen molar-refractivity contribution >= 4 is 27.5 Å².